The summed E-state index contributed by atoms with van der Waals surface area (Å²) in [6, 6.07) is 4.72. The van der Waals surface area contributed by atoms with Crippen LogP contribution in [0.3, 0.4) is 0 Å². The molecule has 3 rings (SSSR count). The van der Waals surface area contributed by atoms with Crippen molar-refractivity contribution in [1.29, 1.82) is 0 Å². The van der Waals surface area contributed by atoms with Gasteiger partial charge in [0.1, 0.15) is 0 Å². The molecule has 0 aliphatic carbocycles. The zero-order valence-electron chi connectivity index (χ0n) is 18.2. The van der Waals surface area contributed by atoms with Gasteiger partial charge in [-0.1, -0.05) is 25.1 Å². The van der Waals surface area contributed by atoms with Crippen molar-refractivity contribution >= 4 is 34.5 Å². The van der Waals surface area contributed by atoms with Crippen molar-refractivity contribution in [2.45, 2.75) is 62.6 Å². The topological polar surface area (TPSA) is 99.5 Å². The second-order valence-corrected chi connectivity index (χ2v) is 8.88. The summed E-state index contributed by atoms with van der Waals surface area (Å²) in [6.45, 7) is 5.59. The van der Waals surface area contributed by atoms with Gasteiger partial charge in [0.15, 0.2) is 5.16 Å². The summed E-state index contributed by atoms with van der Waals surface area (Å²) in [5.74, 6) is -0.616. The molecule has 31 heavy (non-hydrogen) atoms. The second-order valence-electron chi connectivity index (χ2n) is 7.57. The van der Waals surface area contributed by atoms with Crippen LogP contribution in [0.15, 0.2) is 28.2 Å². The van der Waals surface area contributed by atoms with Crippen molar-refractivity contribution < 1.29 is 19.1 Å². The van der Waals surface area contributed by atoms with Gasteiger partial charge in [0.2, 0.25) is 5.91 Å². The normalized spacial score (nSPS) is 16.9. The predicted molar refractivity (Wildman–Crippen MR) is 120 cm³/mol. The zero-order valence-corrected chi connectivity index (χ0v) is 19.0. The summed E-state index contributed by atoms with van der Waals surface area (Å²) in [5.41, 5.74) is 0.561. The number of methoxy groups -OCH3 is 1. The maximum atomic E-state index is 13.1. The highest BCUT2D eigenvalue weighted by atomic mass is 32.2. The van der Waals surface area contributed by atoms with E-state index in [4.69, 9.17) is 9.47 Å². The van der Waals surface area contributed by atoms with Crippen LogP contribution >= 0.6 is 11.8 Å². The minimum absolute atomic E-state index is 0.0689. The maximum Gasteiger partial charge on any atom is 0.337 e. The Bertz CT molecular complexity index is 1000. The van der Waals surface area contributed by atoms with E-state index in [2.05, 4.69) is 17.2 Å². The number of nitrogens with one attached hydrogen (secondary N) is 1. The fourth-order valence-electron chi connectivity index (χ4n) is 3.42. The first-order valence-electron chi connectivity index (χ1n) is 10.6. The molecule has 0 saturated carbocycles. The third-order valence-corrected chi connectivity index (χ3v) is 6.35. The molecule has 0 spiro atoms. The summed E-state index contributed by atoms with van der Waals surface area (Å²) in [5, 5.41) is 3.39. The van der Waals surface area contributed by atoms with E-state index in [9.17, 15) is 14.4 Å². The van der Waals surface area contributed by atoms with Gasteiger partial charge in [0, 0.05) is 19.7 Å². The molecule has 1 aliphatic rings. The molecule has 1 N–H and O–H groups in total. The van der Waals surface area contributed by atoms with Crippen LogP contribution in [0.5, 0.6) is 0 Å². The summed E-state index contributed by atoms with van der Waals surface area (Å²) in [4.78, 5) is 42.3. The third-order valence-electron chi connectivity index (χ3n) is 5.26. The highest BCUT2D eigenvalue weighted by Gasteiger charge is 2.22. The number of fused-ring (bicyclic) bond motifs is 1. The van der Waals surface area contributed by atoms with E-state index in [0.717, 1.165) is 32.3 Å². The van der Waals surface area contributed by atoms with Gasteiger partial charge < -0.3 is 14.8 Å². The number of esters is 1. The number of carbonyl (C=O) groups excluding carboxylic acids is 2. The molecular weight excluding hydrogens is 418 g/mol. The monoisotopic (exact) mass is 447 g/mol. The number of amides is 1. The molecule has 1 aliphatic heterocycles. The molecule has 2 heterocycles. The molecule has 8 nitrogen and oxygen atoms in total. The van der Waals surface area contributed by atoms with E-state index in [1.54, 1.807) is 29.7 Å². The van der Waals surface area contributed by atoms with Gasteiger partial charge >= 0.3 is 5.97 Å². The smallest absolute Gasteiger partial charge is 0.337 e. The van der Waals surface area contributed by atoms with Crippen molar-refractivity contribution in [2.75, 3.05) is 20.3 Å². The number of benzene rings is 1. The Kier molecular flexibility index (Phi) is 8.09. The first-order valence-corrected chi connectivity index (χ1v) is 11.5. The molecule has 1 aromatic heterocycles. The Balaban J connectivity index is 1.87. The number of unbranched alkanes of at least 4 members (excludes halogenated alkanes) is 1. The van der Waals surface area contributed by atoms with Gasteiger partial charge in [-0.2, -0.15) is 0 Å². The Morgan fingerprint density at radius 1 is 1.42 bits per heavy atom. The second kappa shape index (κ2) is 10.8. The number of rotatable bonds is 9. The first-order chi connectivity index (χ1) is 14.9. The lowest BCUT2D eigenvalue weighted by molar-refractivity contribution is -0.120. The zero-order chi connectivity index (χ0) is 22.4. The number of carbonyl (C=O) groups is 2. The summed E-state index contributed by atoms with van der Waals surface area (Å²) >= 11 is 1.24. The molecule has 1 fully saturated rings. The summed E-state index contributed by atoms with van der Waals surface area (Å²) < 4.78 is 11.9. The van der Waals surface area contributed by atoms with E-state index < -0.39 is 11.2 Å². The number of aromatic nitrogens is 2. The standard InChI is InChI=1S/C22H29N3O5S/c1-4-5-10-25-20(27)17-9-8-15(21(28)29-3)12-18(17)24-22(25)31-14(2)19(26)23-13-16-7-6-11-30-16/h8-9,12,14,16H,4-7,10-11,13H2,1-3H3,(H,23,26)/t14-,16+/m1/s1. The Labute approximate surface area is 185 Å². The lowest BCUT2D eigenvalue weighted by Gasteiger charge is -2.17. The van der Waals surface area contributed by atoms with Crippen molar-refractivity contribution in [3.8, 4) is 0 Å². The van der Waals surface area contributed by atoms with Crippen molar-refractivity contribution in [3.05, 3.63) is 34.1 Å². The molecule has 9 heteroatoms. The van der Waals surface area contributed by atoms with Crippen LogP contribution in [0, 0.1) is 0 Å². The van der Waals surface area contributed by atoms with Crippen LogP contribution in [0.25, 0.3) is 10.9 Å². The fourth-order valence-corrected chi connectivity index (χ4v) is 4.38. The van der Waals surface area contributed by atoms with Gasteiger partial charge in [-0.3, -0.25) is 14.2 Å². The van der Waals surface area contributed by atoms with E-state index in [1.165, 1.54) is 18.9 Å². The van der Waals surface area contributed by atoms with Crippen LogP contribution in [0.2, 0.25) is 0 Å². The highest BCUT2D eigenvalue weighted by Crippen LogP contribution is 2.24. The fraction of sp³-hybridized carbons (Fsp3) is 0.545. The van der Waals surface area contributed by atoms with E-state index in [1.807, 2.05) is 0 Å². The van der Waals surface area contributed by atoms with Crippen molar-refractivity contribution in [1.82, 2.24) is 14.9 Å². The molecule has 168 valence electrons. The molecule has 2 aromatic rings. The summed E-state index contributed by atoms with van der Waals surface area (Å²) in [6.07, 6.45) is 3.78. The van der Waals surface area contributed by atoms with E-state index in [-0.39, 0.29) is 17.6 Å². The minimum Gasteiger partial charge on any atom is -0.465 e. The molecule has 1 aromatic carbocycles. The molecular formula is C22H29N3O5S. The average molecular weight is 448 g/mol. The van der Waals surface area contributed by atoms with Crippen LogP contribution < -0.4 is 10.9 Å². The summed E-state index contributed by atoms with van der Waals surface area (Å²) in [7, 11) is 1.31. The van der Waals surface area contributed by atoms with Crippen molar-refractivity contribution in [3.63, 3.8) is 0 Å². The molecule has 2 atom stereocenters. The number of ether oxygens (including phenoxy) is 2. The van der Waals surface area contributed by atoms with Gasteiger partial charge in [0.05, 0.1) is 34.9 Å². The maximum absolute atomic E-state index is 13.1. The first kappa shape index (κ1) is 23.3. The SMILES string of the molecule is CCCCn1c(S[C@H](C)C(=O)NC[C@@H]2CCCO2)nc2cc(C(=O)OC)ccc2c1=O. The average Bonchev–Trinajstić information content (AvgIpc) is 3.30. The predicted octanol–water partition coefficient (Wildman–Crippen LogP) is 2.76. The third kappa shape index (κ3) is 5.65. The lowest BCUT2D eigenvalue weighted by atomic mass is 10.1. The molecule has 0 bridgehead atoms. The number of hydrogen-bond acceptors (Lipinski definition) is 7. The number of hydrogen-bond donors (Lipinski definition) is 1. The minimum atomic E-state index is -0.491. The number of thioether (sulfide) groups is 1. The Morgan fingerprint density at radius 3 is 2.90 bits per heavy atom. The van der Waals surface area contributed by atoms with Crippen LogP contribution in [-0.2, 0) is 20.8 Å². The molecule has 1 amide bonds. The van der Waals surface area contributed by atoms with E-state index >= 15 is 0 Å². The van der Waals surface area contributed by atoms with Crippen LogP contribution in [0.4, 0.5) is 0 Å². The molecule has 0 radical (unpaired) electrons. The van der Waals surface area contributed by atoms with Gasteiger partial charge in [0.25, 0.3) is 5.56 Å². The Morgan fingerprint density at radius 2 is 2.23 bits per heavy atom. The molecule has 1 saturated heterocycles. The van der Waals surface area contributed by atoms with E-state index in [0.29, 0.717) is 34.7 Å². The van der Waals surface area contributed by atoms with Crippen LogP contribution in [-0.4, -0.2) is 53.0 Å². The van der Waals surface area contributed by atoms with Gasteiger partial charge in [-0.15, -0.1) is 0 Å². The number of nitrogens with zero attached hydrogens (tertiary/aromatic N) is 2. The Hall–Kier alpha value is -2.39. The highest BCUT2D eigenvalue weighted by molar-refractivity contribution is 8.00. The molecule has 0 unspecified atom stereocenters. The van der Waals surface area contributed by atoms with Gasteiger partial charge in [-0.05, 0) is 44.4 Å². The largest absolute Gasteiger partial charge is 0.465 e. The van der Waals surface area contributed by atoms with Gasteiger partial charge in [-0.25, -0.2) is 9.78 Å². The quantitative estimate of drug-likeness (QED) is 0.358. The lowest BCUT2D eigenvalue weighted by Crippen LogP contribution is -2.37. The van der Waals surface area contributed by atoms with Crippen molar-refractivity contribution in [2.24, 2.45) is 0 Å². The van der Waals surface area contributed by atoms with Crippen LogP contribution in [0.1, 0.15) is 49.9 Å².